The minimum atomic E-state index is -1.38. The molecule has 0 aromatic heterocycles. The van der Waals surface area contributed by atoms with E-state index in [4.69, 9.17) is 4.43 Å². The molecule has 0 amide bonds. The number of hydrogen-bond donors (Lipinski definition) is 0. The maximum atomic E-state index is 6.63. The molecule has 0 aromatic rings. The lowest BCUT2D eigenvalue weighted by Gasteiger charge is -2.33. The molecular weight excluding hydrogens is 252 g/mol. The summed E-state index contributed by atoms with van der Waals surface area (Å²) < 4.78 is 6.63. The predicted octanol–water partition coefficient (Wildman–Crippen LogP) is 5.71. The highest BCUT2D eigenvalue weighted by atomic mass is 28.4. The molecule has 0 bridgehead atoms. The second-order valence-electron chi connectivity index (χ2n) is 5.39. The van der Waals surface area contributed by atoms with E-state index in [1.54, 1.807) is 0 Å². The summed E-state index contributed by atoms with van der Waals surface area (Å²) >= 11 is 0. The second kappa shape index (κ2) is 10.2. The standard InChI is InChI=1S/C15H35OSi2/c1-7-15(13-14-17(8-2)9-3)16-18(10-4,11-5)12-6/h15H,7-14H2,1-6H3. The molecule has 0 aliphatic heterocycles. The van der Waals surface area contributed by atoms with Crippen molar-refractivity contribution < 1.29 is 4.43 Å². The van der Waals surface area contributed by atoms with Crippen molar-refractivity contribution in [2.24, 2.45) is 0 Å². The van der Waals surface area contributed by atoms with Gasteiger partial charge in [0.25, 0.3) is 0 Å². The molecule has 0 fully saturated rings. The van der Waals surface area contributed by atoms with E-state index < -0.39 is 8.32 Å². The first-order chi connectivity index (χ1) is 8.61. The van der Waals surface area contributed by atoms with Gasteiger partial charge in [-0.2, -0.15) is 0 Å². The Labute approximate surface area is 118 Å². The smallest absolute Gasteiger partial charge is 0.192 e. The second-order valence-corrected chi connectivity index (χ2v) is 13.5. The molecule has 0 N–H and O–H groups in total. The Kier molecular flexibility index (Phi) is 10.4. The molecule has 3 heteroatoms. The highest BCUT2D eigenvalue weighted by Gasteiger charge is 2.31. The highest BCUT2D eigenvalue weighted by molar-refractivity contribution is 6.73. The summed E-state index contributed by atoms with van der Waals surface area (Å²) in [5.41, 5.74) is 0. The van der Waals surface area contributed by atoms with Gasteiger partial charge in [-0.05, 0) is 31.0 Å². The molecule has 0 aliphatic rings. The maximum Gasteiger partial charge on any atom is 0.192 e. The molecule has 0 saturated carbocycles. The Hall–Kier alpha value is 0.394. The van der Waals surface area contributed by atoms with Crippen LogP contribution in [0, 0.1) is 0 Å². The van der Waals surface area contributed by atoms with Crippen molar-refractivity contribution in [1.82, 2.24) is 0 Å². The first-order valence-electron chi connectivity index (χ1n) is 8.12. The van der Waals surface area contributed by atoms with Crippen LogP contribution in [0.5, 0.6) is 0 Å². The van der Waals surface area contributed by atoms with Gasteiger partial charge in [-0.15, -0.1) is 0 Å². The van der Waals surface area contributed by atoms with Gasteiger partial charge in [-0.25, -0.2) is 0 Å². The molecule has 0 spiro atoms. The van der Waals surface area contributed by atoms with Gasteiger partial charge in [0.1, 0.15) is 0 Å². The van der Waals surface area contributed by atoms with Crippen LogP contribution >= 0.6 is 0 Å². The molecule has 0 heterocycles. The van der Waals surface area contributed by atoms with E-state index in [1.165, 1.54) is 49.1 Å². The fourth-order valence-corrected chi connectivity index (χ4v) is 7.60. The Morgan fingerprint density at radius 2 is 1.39 bits per heavy atom. The van der Waals surface area contributed by atoms with Gasteiger partial charge in [-0.3, -0.25) is 0 Å². The summed E-state index contributed by atoms with van der Waals surface area (Å²) in [7, 11) is -1.45. The van der Waals surface area contributed by atoms with Gasteiger partial charge >= 0.3 is 0 Å². The molecule has 0 rings (SSSR count). The molecule has 109 valence electrons. The largest absolute Gasteiger partial charge is 0.414 e. The normalized spacial score (nSPS) is 14.2. The van der Waals surface area contributed by atoms with E-state index in [1.807, 2.05) is 0 Å². The molecule has 1 atom stereocenters. The Bertz CT molecular complexity index is 181. The minimum Gasteiger partial charge on any atom is -0.414 e. The summed E-state index contributed by atoms with van der Waals surface area (Å²) in [6.07, 6.45) is 3.08. The van der Waals surface area contributed by atoms with Gasteiger partial charge in [0.05, 0.1) is 0 Å². The zero-order valence-electron chi connectivity index (χ0n) is 13.6. The summed E-state index contributed by atoms with van der Waals surface area (Å²) in [5, 5.41) is 0. The van der Waals surface area contributed by atoms with Crippen LogP contribution in [-0.4, -0.2) is 23.2 Å². The lowest BCUT2D eigenvalue weighted by molar-refractivity contribution is 0.177. The average Bonchev–Trinajstić information content (AvgIpc) is 2.44. The molecule has 18 heavy (non-hydrogen) atoms. The summed E-state index contributed by atoms with van der Waals surface area (Å²) in [5.74, 6) is 0. The topological polar surface area (TPSA) is 9.23 Å². The van der Waals surface area contributed by atoms with E-state index in [2.05, 4.69) is 41.5 Å². The van der Waals surface area contributed by atoms with E-state index in [9.17, 15) is 0 Å². The number of rotatable bonds is 11. The monoisotopic (exact) mass is 287 g/mol. The quantitative estimate of drug-likeness (QED) is 0.442. The maximum absolute atomic E-state index is 6.63. The zero-order valence-corrected chi connectivity index (χ0v) is 15.6. The molecule has 1 nitrogen and oxygen atoms in total. The first kappa shape index (κ1) is 18.4. The van der Waals surface area contributed by atoms with Crippen molar-refractivity contribution in [3.05, 3.63) is 0 Å². The first-order valence-corrected chi connectivity index (χ1v) is 12.8. The highest BCUT2D eigenvalue weighted by Crippen LogP contribution is 2.26. The van der Waals surface area contributed by atoms with Gasteiger partial charge in [-0.1, -0.05) is 59.7 Å². The minimum absolute atomic E-state index is 0.0674. The van der Waals surface area contributed by atoms with Crippen LogP contribution in [0.25, 0.3) is 0 Å². The average molecular weight is 288 g/mol. The van der Waals surface area contributed by atoms with Crippen molar-refractivity contribution in [1.29, 1.82) is 0 Å². The van der Waals surface area contributed by atoms with Gasteiger partial charge in [0.15, 0.2) is 8.32 Å². The Balaban J connectivity index is 4.32. The fourth-order valence-electron chi connectivity index (χ4n) is 2.67. The van der Waals surface area contributed by atoms with Gasteiger partial charge in [0, 0.05) is 14.9 Å². The lowest BCUT2D eigenvalue weighted by Crippen LogP contribution is -2.40. The van der Waals surface area contributed by atoms with Crippen LogP contribution in [0.2, 0.25) is 36.3 Å². The summed E-state index contributed by atoms with van der Waals surface area (Å²) in [6, 6.07) is 8.17. The van der Waals surface area contributed by atoms with Crippen LogP contribution in [0.4, 0.5) is 0 Å². The van der Waals surface area contributed by atoms with Crippen LogP contribution in [0.15, 0.2) is 0 Å². The SMILES string of the molecule is CCC(CC[Si](CC)CC)O[Si](CC)(CC)CC. The van der Waals surface area contributed by atoms with Crippen LogP contribution < -0.4 is 0 Å². The molecule has 1 radical (unpaired) electrons. The molecule has 0 saturated heterocycles. The molecule has 0 aromatic carbocycles. The molecular formula is C15H35OSi2. The lowest BCUT2D eigenvalue weighted by atomic mass is 10.2. The Morgan fingerprint density at radius 1 is 0.889 bits per heavy atom. The fraction of sp³-hybridized carbons (Fsp3) is 1.00. The number of hydrogen-bond acceptors (Lipinski definition) is 1. The van der Waals surface area contributed by atoms with Gasteiger partial charge < -0.3 is 4.43 Å². The van der Waals surface area contributed by atoms with Gasteiger partial charge in [0.2, 0.25) is 0 Å². The third-order valence-electron chi connectivity index (χ3n) is 4.62. The molecule has 0 aliphatic carbocycles. The third-order valence-corrected chi connectivity index (χ3v) is 12.3. The van der Waals surface area contributed by atoms with E-state index in [-0.39, 0.29) is 8.80 Å². The van der Waals surface area contributed by atoms with E-state index >= 15 is 0 Å². The van der Waals surface area contributed by atoms with Crippen LogP contribution in [0.3, 0.4) is 0 Å². The summed E-state index contributed by atoms with van der Waals surface area (Å²) in [6.45, 7) is 14.0. The van der Waals surface area contributed by atoms with Crippen LogP contribution in [0.1, 0.15) is 54.4 Å². The van der Waals surface area contributed by atoms with Crippen molar-refractivity contribution >= 4 is 17.1 Å². The van der Waals surface area contributed by atoms with E-state index in [0.29, 0.717) is 6.10 Å². The van der Waals surface area contributed by atoms with Crippen molar-refractivity contribution in [2.45, 2.75) is 96.8 Å². The zero-order chi connectivity index (χ0) is 14.0. The Morgan fingerprint density at radius 3 is 1.72 bits per heavy atom. The van der Waals surface area contributed by atoms with Crippen molar-refractivity contribution in [2.75, 3.05) is 0 Å². The van der Waals surface area contributed by atoms with Crippen LogP contribution in [-0.2, 0) is 4.43 Å². The predicted molar refractivity (Wildman–Crippen MR) is 88.5 cm³/mol. The molecule has 1 unspecified atom stereocenters. The summed E-state index contributed by atoms with van der Waals surface area (Å²) in [4.78, 5) is 0. The van der Waals surface area contributed by atoms with Crippen molar-refractivity contribution in [3.63, 3.8) is 0 Å². The van der Waals surface area contributed by atoms with Crippen molar-refractivity contribution in [3.8, 4) is 0 Å². The third kappa shape index (κ3) is 6.02. The van der Waals surface area contributed by atoms with E-state index in [0.717, 1.165) is 0 Å².